The van der Waals surface area contributed by atoms with Gasteiger partial charge in [-0.3, -0.25) is 29.0 Å². The third-order valence-corrected chi connectivity index (χ3v) is 2.50. The van der Waals surface area contributed by atoms with Gasteiger partial charge in [0.25, 0.3) is 0 Å². The van der Waals surface area contributed by atoms with E-state index < -0.39 is 55.9 Å². The molecule has 13 heteroatoms. The summed E-state index contributed by atoms with van der Waals surface area (Å²) < 4.78 is 0. The predicted octanol–water partition coefficient (Wildman–Crippen LogP) is -1.51. The zero-order chi connectivity index (χ0) is 21.4. The maximum Gasteiger partial charge on any atom is 0.325 e. The molecule has 27 heavy (non-hydrogen) atoms. The van der Waals surface area contributed by atoms with Gasteiger partial charge in [-0.15, -0.1) is 0 Å². The van der Waals surface area contributed by atoms with Gasteiger partial charge in [-0.2, -0.15) is 0 Å². The maximum atomic E-state index is 10.6. The van der Waals surface area contributed by atoms with E-state index >= 15 is 0 Å². The van der Waals surface area contributed by atoms with Crippen LogP contribution in [0.5, 0.6) is 0 Å². The normalized spacial score (nSPS) is 10.3. The van der Waals surface area contributed by atoms with E-state index in [1.165, 1.54) is 0 Å². The quantitative estimate of drug-likeness (QED) is 0.165. The van der Waals surface area contributed by atoms with E-state index in [0.717, 1.165) is 4.90 Å². The number of hydrogen-bond donors (Lipinski definition) is 6. The molecular weight excluding hydrogens is 370 g/mol. The van der Waals surface area contributed by atoms with Gasteiger partial charge in [-0.1, -0.05) is 6.92 Å². The molecule has 0 aromatic carbocycles. The molecule has 0 radical (unpaired) electrons. The molecule has 0 aromatic heterocycles. The molecule has 13 nitrogen and oxygen atoms in total. The van der Waals surface area contributed by atoms with E-state index in [2.05, 4.69) is 10.3 Å². The molecule has 0 aliphatic rings. The first-order valence-electron chi connectivity index (χ1n) is 7.57. The molecule has 0 fully saturated rings. The van der Waals surface area contributed by atoms with Gasteiger partial charge in [0, 0.05) is 6.42 Å². The summed E-state index contributed by atoms with van der Waals surface area (Å²) in [5, 5.41) is 45.1. The zero-order valence-corrected chi connectivity index (χ0v) is 14.6. The third kappa shape index (κ3) is 19.0. The number of nitrogens with one attached hydrogen (secondary N) is 1. The van der Waals surface area contributed by atoms with Crippen LogP contribution in [0, 0.1) is 0 Å². The molecule has 0 aliphatic carbocycles. The number of rotatable bonds is 12. The molecule has 0 rings (SSSR count). The second-order valence-corrected chi connectivity index (χ2v) is 4.84. The number of likely N-dealkylation sites (N-methyl/N-ethyl adjacent to an activating group) is 1. The topological polar surface area (TPSA) is 214 Å². The van der Waals surface area contributed by atoms with Crippen molar-refractivity contribution in [1.29, 1.82) is 0 Å². The lowest BCUT2D eigenvalue weighted by Crippen LogP contribution is -2.40. The van der Waals surface area contributed by atoms with Crippen LogP contribution in [0.4, 0.5) is 0 Å². The fourth-order valence-electron chi connectivity index (χ4n) is 1.51. The Labute approximate surface area is 153 Å². The van der Waals surface area contributed by atoms with E-state index in [1.807, 2.05) is 6.92 Å². The van der Waals surface area contributed by atoms with Crippen molar-refractivity contribution in [2.45, 2.75) is 19.8 Å². The van der Waals surface area contributed by atoms with Gasteiger partial charge in [0.15, 0.2) is 0 Å². The molecule has 6 N–H and O–H groups in total. The SMILES string of the molecule is CCNCC(=O)O.O=C(O)CCC(=NCC(=O)O)N(CC(=O)O)CC(=O)O. The van der Waals surface area contributed by atoms with Crippen molar-refractivity contribution in [1.82, 2.24) is 10.2 Å². The maximum absolute atomic E-state index is 10.6. The first kappa shape index (κ1) is 26.0. The van der Waals surface area contributed by atoms with Gasteiger partial charge in [0.2, 0.25) is 0 Å². The Morgan fingerprint density at radius 1 is 0.778 bits per heavy atom. The van der Waals surface area contributed by atoms with Crippen LogP contribution in [0.15, 0.2) is 4.99 Å². The van der Waals surface area contributed by atoms with Gasteiger partial charge in [-0.25, -0.2) is 0 Å². The highest BCUT2D eigenvalue weighted by atomic mass is 16.4. The number of aliphatic imine (C=N–C) groups is 1. The highest BCUT2D eigenvalue weighted by Gasteiger charge is 2.19. The summed E-state index contributed by atoms with van der Waals surface area (Å²) in [4.78, 5) is 56.3. The van der Waals surface area contributed by atoms with Crippen LogP contribution in [0.25, 0.3) is 0 Å². The molecule has 0 spiro atoms. The van der Waals surface area contributed by atoms with Gasteiger partial charge in [0.05, 0.1) is 13.0 Å². The van der Waals surface area contributed by atoms with Crippen LogP contribution in [0.3, 0.4) is 0 Å². The molecule has 0 aromatic rings. The molecule has 0 amide bonds. The minimum absolute atomic E-state index is 0.0660. The number of amidine groups is 1. The smallest absolute Gasteiger partial charge is 0.325 e. The van der Waals surface area contributed by atoms with Crippen molar-refractivity contribution in [2.75, 3.05) is 32.7 Å². The number of carboxylic acid groups (broad SMARTS) is 5. The Morgan fingerprint density at radius 3 is 1.59 bits per heavy atom. The van der Waals surface area contributed by atoms with Gasteiger partial charge < -0.3 is 35.7 Å². The molecular formula is C14H23N3O10. The second-order valence-electron chi connectivity index (χ2n) is 4.84. The first-order valence-corrected chi connectivity index (χ1v) is 7.57. The molecule has 0 bridgehead atoms. The average molecular weight is 393 g/mol. The van der Waals surface area contributed by atoms with Crippen molar-refractivity contribution in [3.05, 3.63) is 0 Å². The predicted molar refractivity (Wildman–Crippen MR) is 89.8 cm³/mol. The summed E-state index contributed by atoms with van der Waals surface area (Å²) in [7, 11) is 0. The van der Waals surface area contributed by atoms with Gasteiger partial charge in [-0.05, 0) is 6.54 Å². The van der Waals surface area contributed by atoms with Crippen molar-refractivity contribution >= 4 is 35.7 Å². The Bertz CT molecular complexity index is 545. The molecule has 0 saturated heterocycles. The van der Waals surface area contributed by atoms with Crippen LogP contribution in [0.1, 0.15) is 19.8 Å². The number of hydrogen-bond acceptors (Lipinski definition) is 7. The van der Waals surface area contributed by atoms with Crippen LogP contribution in [0.2, 0.25) is 0 Å². The standard InChI is InChI=1S/C10H14N2O8.C4H9NO2/c13-7(14)2-1-6(11-3-8(15)16)12(4-9(17)18)5-10(19)20;1-2-5-3-4(6)7/h1-5H2,(H,13,14)(H,15,16)(H,17,18)(H,19,20);5H,2-3H2,1H3,(H,6,7). The Kier molecular flexibility index (Phi) is 14.5. The number of nitrogens with zero attached hydrogens (tertiary/aromatic N) is 2. The largest absolute Gasteiger partial charge is 0.481 e. The Balaban J connectivity index is 0. The molecule has 0 unspecified atom stereocenters. The fraction of sp³-hybridized carbons (Fsp3) is 0.571. The molecule has 0 aliphatic heterocycles. The summed E-state index contributed by atoms with van der Waals surface area (Å²) in [6.45, 7) is 0.505. The fourth-order valence-corrected chi connectivity index (χ4v) is 1.51. The van der Waals surface area contributed by atoms with Crippen molar-refractivity contribution < 1.29 is 49.5 Å². The van der Waals surface area contributed by atoms with E-state index in [0.29, 0.717) is 6.54 Å². The minimum Gasteiger partial charge on any atom is -0.481 e. The van der Waals surface area contributed by atoms with E-state index in [1.54, 1.807) is 0 Å². The lowest BCUT2D eigenvalue weighted by Gasteiger charge is -2.22. The molecule has 0 saturated carbocycles. The van der Waals surface area contributed by atoms with Crippen LogP contribution >= 0.6 is 0 Å². The van der Waals surface area contributed by atoms with Gasteiger partial charge in [0.1, 0.15) is 25.5 Å². The van der Waals surface area contributed by atoms with E-state index in [-0.39, 0.29) is 18.8 Å². The van der Waals surface area contributed by atoms with E-state index in [9.17, 15) is 24.0 Å². The molecule has 0 heterocycles. The van der Waals surface area contributed by atoms with Crippen molar-refractivity contribution in [3.8, 4) is 0 Å². The lowest BCUT2D eigenvalue weighted by atomic mass is 10.2. The van der Waals surface area contributed by atoms with Crippen LogP contribution in [-0.4, -0.2) is 98.8 Å². The highest BCUT2D eigenvalue weighted by Crippen LogP contribution is 2.02. The highest BCUT2D eigenvalue weighted by molar-refractivity contribution is 5.91. The summed E-state index contributed by atoms with van der Waals surface area (Å²) in [6.07, 6.45) is -0.683. The summed E-state index contributed by atoms with van der Waals surface area (Å²) >= 11 is 0. The van der Waals surface area contributed by atoms with Crippen molar-refractivity contribution in [2.24, 2.45) is 4.99 Å². The monoisotopic (exact) mass is 393 g/mol. The van der Waals surface area contributed by atoms with Crippen molar-refractivity contribution in [3.63, 3.8) is 0 Å². The zero-order valence-electron chi connectivity index (χ0n) is 14.6. The second kappa shape index (κ2) is 15.1. The lowest BCUT2D eigenvalue weighted by molar-refractivity contribution is -0.140. The average Bonchev–Trinajstić information content (AvgIpc) is 2.51. The first-order chi connectivity index (χ1) is 12.5. The molecule has 0 atom stereocenters. The summed E-state index contributed by atoms with van der Waals surface area (Å²) in [5.74, 6) is -6.17. The third-order valence-electron chi connectivity index (χ3n) is 2.50. The number of carboxylic acids is 5. The van der Waals surface area contributed by atoms with Crippen LogP contribution < -0.4 is 5.32 Å². The number of aliphatic carboxylic acids is 5. The molecule has 154 valence electrons. The van der Waals surface area contributed by atoms with Gasteiger partial charge >= 0.3 is 29.8 Å². The Hall–Kier alpha value is -3.22. The van der Waals surface area contributed by atoms with Crippen LogP contribution in [-0.2, 0) is 24.0 Å². The Morgan fingerprint density at radius 2 is 1.30 bits per heavy atom. The summed E-state index contributed by atoms with van der Waals surface area (Å²) in [6, 6.07) is 0. The minimum atomic E-state index is -1.34. The number of carbonyl (C=O) groups is 5. The summed E-state index contributed by atoms with van der Waals surface area (Å²) in [5.41, 5.74) is 0. The van der Waals surface area contributed by atoms with E-state index in [4.69, 9.17) is 25.5 Å².